The van der Waals surface area contributed by atoms with Gasteiger partial charge in [0.15, 0.2) is 0 Å². The zero-order valence-electron chi connectivity index (χ0n) is 12.3. The lowest BCUT2D eigenvalue weighted by atomic mass is 10.0. The average Bonchev–Trinajstić information content (AvgIpc) is 2.75. The number of H-pyrrole nitrogens is 1. The van der Waals surface area contributed by atoms with Crippen LogP contribution >= 0.6 is 0 Å². The molecule has 0 saturated heterocycles. The molecular formula is C16H21N3O. The number of aromatic nitrogens is 1. The quantitative estimate of drug-likeness (QED) is 0.823. The molecule has 0 unspecified atom stereocenters. The standard InChI is InChI=1S/C16H21N3O/c1-10(2)17-16(20)19-7-6-15-13(9-19)12-8-11(3)4-5-14(12)18-15/h4-5,8,10,18H,6-7,9H2,1-3H3,(H,17,20). The Kier molecular flexibility index (Phi) is 3.16. The third-order valence-corrected chi connectivity index (χ3v) is 3.83. The zero-order chi connectivity index (χ0) is 14.3. The Balaban J connectivity index is 1.92. The van der Waals surface area contributed by atoms with E-state index in [0.29, 0.717) is 6.54 Å². The van der Waals surface area contributed by atoms with Crippen LogP contribution in [0.5, 0.6) is 0 Å². The first-order valence-corrected chi connectivity index (χ1v) is 7.20. The van der Waals surface area contributed by atoms with Crippen molar-refractivity contribution in [1.29, 1.82) is 0 Å². The molecule has 0 fully saturated rings. The fraction of sp³-hybridized carbons (Fsp3) is 0.438. The molecule has 106 valence electrons. The molecule has 0 saturated carbocycles. The van der Waals surface area contributed by atoms with E-state index in [-0.39, 0.29) is 12.1 Å². The number of nitrogens with zero attached hydrogens (tertiary/aromatic N) is 1. The molecule has 2 heterocycles. The van der Waals surface area contributed by atoms with Gasteiger partial charge < -0.3 is 15.2 Å². The van der Waals surface area contributed by atoms with Crippen LogP contribution in [-0.2, 0) is 13.0 Å². The largest absolute Gasteiger partial charge is 0.358 e. The van der Waals surface area contributed by atoms with Gasteiger partial charge in [-0.15, -0.1) is 0 Å². The van der Waals surface area contributed by atoms with E-state index >= 15 is 0 Å². The number of carbonyl (C=O) groups excluding carboxylic acids is 1. The van der Waals surface area contributed by atoms with E-state index in [1.54, 1.807) is 0 Å². The highest BCUT2D eigenvalue weighted by molar-refractivity contribution is 5.86. The molecule has 2 amide bonds. The third-order valence-electron chi connectivity index (χ3n) is 3.83. The molecule has 20 heavy (non-hydrogen) atoms. The number of urea groups is 1. The van der Waals surface area contributed by atoms with Gasteiger partial charge in [0, 0.05) is 47.7 Å². The number of amides is 2. The second kappa shape index (κ2) is 4.85. The Morgan fingerprint density at radius 2 is 2.20 bits per heavy atom. The predicted octanol–water partition coefficient (Wildman–Crippen LogP) is 2.95. The van der Waals surface area contributed by atoms with E-state index in [9.17, 15) is 4.79 Å². The van der Waals surface area contributed by atoms with Gasteiger partial charge in [0.05, 0.1) is 0 Å². The van der Waals surface area contributed by atoms with Crippen molar-refractivity contribution in [3.05, 3.63) is 35.0 Å². The minimum absolute atomic E-state index is 0.0349. The van der Waals surface area contributed by atoms with Crippen molar-refractivity contribution in [3.63, 3.8) is 0 Å². The van der Waals surface area contributed by atoms with Crippen LogP contribution in [0, 0.1) is 6.92 Å². The summed E-state index contributed by atoms with van der Waals surface area (Å²) >= 11 is 0. The van der Waals surface area contributed by atoms with Crippen molar-refractivity contribution in [2.75, 3.05) is 6.54 Å². The molecule has 4 heteroatoms. The van der Waals surface area contributed by atoms with E-state index in [1.165, 1.54) is 27.7 Å². The van der Waals surface area contributed by atoms with Crippen LogP contribution in [0.4, 0.5) is 4.79 Å². The molecule has 1 aromatic heterocycles. The fourth-order valence-electron chi connectivity index (χ4n) is 2.84. The Labute approximate surface area is 119 Å². The minimum Gasteiger partial charge on any atom is -0.358 e. The second-order valence-electron chi connectivity index (χ2n) is 5.91. The Bertz CT molecular complexity index is 657. The maximum absolute atomic E-state index is 12.1. The lowest BCUT2D eigenvalue weighted by Gasteiger charge is -2.28. The van der Waals surface area contributed by atoms with Crippen LogP contribution in [0.2, 0.25) is 0 Å². The summed E-state index contributed by atoms with van der Waals surface area (Å²) < 4.78 is 0. The molecule has 4 nitrogen and oxygen atoms in total. The number of benzene rings is 1. The number of rotatable bonds is 1. The van der Waals surface area contributed by atoms with E-state index in [1.807, 2.05) is 18.7 Å². The molecule has 3 rings (SSSR count). The van der Waals surface area contributed by atoms with Crippen molar-refractivity contribution < 1.29 is 4.79 Å². The minimum atomic E-state index is 0.0349. The van der Waals surface area contributed by atoms with Gasteiger partial charge in [-0.25, -0.2) is 4.79 Å². The van der Waals surface area contributed by atoms with Gasteiger partial charge in [-0.3, -0.25) is 0 Å². The SMILES string of the molecule is Cc1ccc2[nH]c3c(c2c1)CN(C(=O)NC(C)C)CC3. The number of nitrogens with one attached hydrogen (secondary N) is 2. The van der Waals surface area contributed by atoms with E-state index < -0.39 is 0 Å². The molecule has 1 aromatic carbocycles. The summed E-state index contributed by atoms with van der Waals surface area (Å²) in [6, 6.07) is 6.66. The van der Waals surface area contributed by atoms with E-state index in [0.717, 1.165) is 13.0 Å². The maximum atomic E-state index is 12.1. The highest BCUT2D eigenvalue weighted by Gasteiger charge is 2.24. The molecule has 0 spiro atoms. The van der Waals surface area contributed by atoms with Gasteiger partial charge in [0.2, 0.25) is 0 Å². The summed E-state index contributed by atoms with van der Waals surface area (Å²) in [7, 11) is 0. The molecule has 0 bridgehead atoms. The van der Waals surface area contributed by atoms with Crippen LogP contribution in [0.25, 0.3) is 10.9 Å². The first-order valence-electron chi connectivity index (χ1n) is 7.20. The fourth-order valence-corrected chi connectivity index (χ4v) is 2.84. The molecule has 0 aliphatic carbocycles. The predicted molar refractivity (Wildman–Crippen MR) is 80.8 cm³/mol. The number of hydrogen-bond donors (Lipinski definition) is 2. The summed E-state index contributed by atoms with van der Waals surface area (Å²) in [5, 5.41) is 4.22. The topological polar surface area (TPSA) is 48.1 Å². The summed E-state index contributed by atoms with van der Waals surface area (Å²) in [5.74, 6) is 0. The van der Waals surface area contributed by atoms with Gasteiger partial charge >= 0.3 is 6.03 Å². The van der Waals surface area contributed by atoms with Crippen molar-refractivity contribution in [2.45, 2.75) is 39.8 Å². The number of aryl methyl sites for hydroxylation is 1. The second-order valence-corrected chi connectivity index (χ2v) is 5.91. The first kappa shape index (κ1) is 13.0. The summed E-state index contributed by atoms with van der Waals surface area (Å²) in [6.45, 7) is 7.55. The molecular weight excluding hydrogens is 250 g/mol. The Morgan fingerprint density at radius 1 is 1.40 bits per heavy atom. The molecule has 0 atom stereocenters. The van der Waals surface area contributed by atoms with Crippen LogP contribution in [-0.4, -0.2) is 28.5 Å². The summed E-state index contributed by atoms with van der Waals surface area (Å²) in [6.07, 6.45) is 0.897. The molecule has 1 aliphatic rings. The zero-order valence-corrected chi connectivity index (χ0v) is 12.3. The average molecular weight is 271 g/mol. The van der Waals surface area contributed by atoms with Crippen molar-refractivity contribution in [3.8, 4) is 0 Å². The van der Waals surface area contributed by atoms with Crippen molar-refractivity contribution in [2.24, 2.45) is 0 Å². The van der Waals surface area contributed by atoms with E-state index in [4.69, 9.17) is 0 Å². The van der Waals surface area contributed by atoms with Crippen molar-refractivity contribution in [1.82, 2.24) is 15.2 Å². The number of carbonyl (C=O) groups is 1. The van der Waals surface area contributed by atoms with Crippen LogP contribution in [0.15, 0.2) is 18.2 Å². The lowest BCUT2D eigenvalue weighted by Crippen LogP contribution is -2.45. The lowest BCUT2D eigenvalue weighted by molar-refractivity contribution is 0.190. The van der Waals surface area contributed by atoms with Gasteiger partial charge in [-0.2, -0.15) is 0 Å². The van der Waals surface area contributed by atoms with Crippen molar-refractivity contribution >= 4 is 16.9 Å². The Hall–Kier alpha value is -1.97. The molecule has 2 N–H and O–H groups in total. The van der Waals surface area contributed by atoms with Gasteiger partial charge in [-0.1, -0.05) is 11.6 Å². The summed E-state index contributed by atoms with van der Waals surface area (Å²) in [5.41, 5.74) is 4.97. The number of hydrogen-bond acceptors (Lipinski definition) is 1. The highest BCUT2D eigenvalue weighted by atomic mass is 16.2. The number of fused-ring (bicyclic) bond motifs is 3. The van der Waals surface area contributed by atoms with Crippen LogP contribution in [0.1, 0.15) is 30.7 Å². The van der Waals surface area contributed by atoms with Crippen LogP contribution < -0.4 is 5.32 Å². The van der Waals surface area contributed by atoms with E-state index in [2.05, 4.69) is 35.4 Å². The monoisotopic (exact) mass is 271 g/mol. The first-order chi connectivity index (χ1) is 9.54. The molecule has 1 aliphatic heterocycles. The highest BCUT2D eigenvalue weighted by Crippen LogP contribution is 2.28. The summed E-state index contributed by atoms with van der Waals surface area (Å²) in [4.78, 5) is 17.5. The molecule has 0 radical (unpaired) electrons. The maximum Gasteiger partial charge on any atom is 0.317 e. The normalized spacial score (nSPS) is 14.7. The number of aromatic amines is 1. The van der Waals surface area contributed by atoms with Gasteiger partial charge in [0.25, 0.3) is 0 Å². The van der Waals surface area contributed by atoms with Gasteiger partial charge in [-0.05, 0) is 32.9 Å². The molecule has 2 aromatic rings. The third kappa shape index (κ3) is 2.26. The Morgan fingerprint density at radius 3 is 2.95 bits per heavy atom. The van der Waals surface area contributed by atoms with Gasteiger partial charge in [0.1, 0.15) is 0 Å². The smallest absolute Gasteiger partial charge is 0.317 e. The van der Waals surface area contributed by atoms with Crippen LogP contribution in [0.3, 0.4) is 0 Å².